The molecule has 1 aromatic heterocycles. The first kappa shape index (κ1) is 24.0. The molecule has 0 spiro atoms. The summed E-state index contributed by atoms with van der Waals surface area (Å²) in [6.07, 6.45) is 5.07. The van der Waals surface area contributed by atoms with Crippen LogP contribution in [-0.2, 0) is 21.4 Å². The third-order valence-corrected chi connectivity index (χ3v) is 7.70. The predicted octanol–water partition coefficient (Wildman–Crippen LogP) is 1.74. The molecule has 0 bridgehead atoms. The Hall–Kier alpha value is -1.65. The highest BCUT2D eigenvalue weighted by atomic mass is 35.5. The summed E-state index contributed by atoms with van der Waals surface area (Å²) in [5, 5.41) is 3.99. The fourth-order valence-corrected chi connectivity index (χ4v) is 6.41. The summed E-state index contributed by atoms with van der Waals surface area (Å²) in [6, 6.07) is 0.699. The minimum Gasteiger partial charge on any atom is -0.359 e. The largest absolute Gasteiger partial charge is 0.359 e. The Balaban J connectivity index is 0.00000272. The van der Waals surface area contributed by atoms with Gasteiger partial charge in [0.25, 0.3) is 5.91 Å². The van der Waals surface area contributed by atoms with E-state index in [0.29, 0.717) is 25.3 Å². The normalized spacial score (nSPS) is 27.0. The summed E-state index contributed by atoms with van der Waals surface area (Å²) < 4.78 is 30.9. The summed E-state index contributed by atoms with van der Waals surface area (Å²) >= 11 is 0. The molecule has 31 heavy (non-hydrogen) atoms. The van der Waals surface area contributed by atoms with E-state index in [1.807, 2.05) is 13.8 Å². The van der Waals surface area contributed by atoms with Crippen molar-refractivity contribution in [3.8, 4) is 0 Å². The molecule has 174 valence electrons. The van der Waals surface area contributed by atoms with Crippen LogP contribution < -0.4 is 0 Å². The quantitative estimate of drug-likeness (QED) is 0.640. The second-order valence-electron chi connectivity index (χ2n) is 9.03. The molecule has 2 amide bonds. The van der Waals surface area contributed by atoms with E-state index >= 15 is 0 Å². The van der Waals surface area contributed by atoms with Gasteiger partial charge in [0.15, 0.2) is 11.5 Å². The fraction of sp³-hybridized carbons (Fsp3) is 0.750. The molecule has 3 fully saturated rings. The number of fused-ring (bicyclic) bond motifs is 1. The topological polar surface area (TPSA) is 104 Å². The highest BCUT2D eigenvalue weighted by Gasteiger charge is 2.58. The van der Waals surface area contributed by atoms with Crippen LogP contribution in [0.3, 0.4) is 0 Å². The number of hydrogen-bond acceptors (Lipinski definition) is 7. The van der Waals surface area contributed by atoms with Crippen molar-refractivity contribution in [2.45, 2.75) is 58.2 Å². The highest BCUT2D eigenvalue weighted by molar-refractivity contribution is 7.88. The van der Waals surface area contributed by atoms with E-state index in [-0.39, 0.29) is 29.9 Å². The molecule has 0 saturated carbocycles. The maximum absolute atomic E-state index is 13.2. The Morgan fingerprint density at radius 2 is 1.90 bits per heavy atom. The van der Waals surface area contributed by atoms with Crippen LogP contribution in [0.15, 0.2) is 10.6 Å². The van der Waals surface area contributed by atoms with Crippen molar-refractivity contribution < 1.29 is 22.5 Å². The van der Waals surface area contributed by atoms with Crippen LogP contribution in [0, 0.1) is 11.8 Å². The van der Waals surface area contributed by atoms with Crippen molar-refractivity contribution >= 4 is 34.2 Å². The summed E-state index contributed by atoms with van der Waals surface area (Å²) in [6.45, 7) is 6.82. The fourth-order valence-electron chi connectivity index (χ4n) is 5.24. The lowest BCUT2D eigenvalue weighted by atomic mass is 9.88. The number of nitrogens with zero attached hydrogens (tertiary/aromatic N) is 4. The predicted molar refractivity (Wildman–Crippen MR) is 116 cm³/mol. The Morgan fingerprint density at radius 1 is 1.23 bits per heavy atom. The zero-order valence-electron chi connectivity index (χ0n) is 18.2. The number of carbonyl (C=O) groups is 2. The summed E-state index contributed by atoms with van der Waals surface area (Å²) in [7, 11) is -3.69. The van der Waals surface area contributed by atoms with Gasteiger partial charge in [-0.2, -0.15) is 0 Å². The number of aromatic nitrogens is 1. The molecule has 3 aliphatic heterocycles. The number of hydrogen-bond donors (Lipinski definition) is 0. The van der Waals surface area contributed by atoms with Crippen molar-refractivity contribution in [1.29, 1.82) is 0 Å². The van der Waals surface area contributed by atoms with Crippen LogP contribution in [0.25, 0.3) is 0 Å². The Morgan fingerprint density at radius 3 is 2.52 bits per heavy atom. The molecule has 0 radical (unpaired) electrons. The molecule has 0 unspecified atom stereocenters. The molecule has 3 atom stereocenters. The smallest absolute Gasteiger partial charge is 0.276 e. The Labute approximate surface area is 189 Å². The zero-order chi connectivity index (χ0) is 21.6. The summed E-state index contributed by atoms with van der Waals surface area (Å²) in [5.41, 5.74) is 0.218. The molecule has 1 aromatic rings. The second kappa shape index (κ2) is 9.07. The van der Waals surface area contributed by atoms with Gasteiger partial charge in [-0.05, 0) is 38.3 Å². The van der Waals surface area contributed by atoms with Crippen molar-refractivity contribution in [2.24, 2.45) is 11.8 Å². The first-order valence-electron chi connectivity index (χ1n) is 10.7. The first-order valence-corrected chi connectivity index (χ1v) is 12.6. The number of rotatable bonds is 5. The third kappa shape index (κ3) is 4.47. The maximum atomic E-state index is 13.2. The van der Waals surface area contributed by atoms with E-state index in [9.17, 15) is 18.0 Å². The first-order chi connectivity index (χ1) is 14.2. The molecule has 4 rings (SSSR count). The number of sulfonamides is 1. The van der Waals surface area contributed by atoms with E-state index in [2.05, 4.69) is 10.1 Å². The lowest BCUT2D eigenvalue weighted by Crippen LogP contribution is -2.44. The second-order valence-corrected chi connectivity index (χ2v) is 10.9. The van der Waals surface area contributed by atoms with Gasteiger partial charge >= 0.3 is 0 Å². The van der Waals surface area contributed by atoms with Gasteiger partial charge in [-0.1, -0.05) is 25.4 Å². The van der Waals surface area contributed by atoms with Crippen molar-refractivity contribution in [2.75, 3.05) is 25.9 Å². The monoisotopic (exact) mass is 474 g/mol. The number of carbonyl (C=O) groups excluding carboxylic acids is 2. The van der Waals surface area contributed by atoms with Gasteiger partial charge in [0.1, 0.15) is 0 Å². The SMILES string of the molecule is CC(C)[C@H]1C(=O)N(S(C)(=O)=O)[C@H]2CCN(C(=O)c3cc(CN4CCCCC4)on3)[C@H]12.Cl. The van der Waals surface area contributed by atoms with E-state index in [1.165, 1.54) is 6.42 Å². The van der Waals surface area contributed by atoms with Crippen LogP contribution in [0.2, 0.25) is 0 Å². The van der Waals surface area contributed by atoms with Gasteiger partial charge in [0.2, 0.25) is 15.9 Å². The van der Waals surface area contributed by atoms with E-state index in [1.54, 1.807) is 11.0 Å². The van der Waals surface area contributed by atoms with Crippen molar-refractivity contribution in [3.63, 3.8) is 0 Å². The molecule has 0 aromatic carbocycles. The molecule has 3 saturated heterocycles. The molecule has 4 heterocycles. The molecule has 0 aliphatic carbocycles. The van der Waals surface area contributed by atoms with E-state index < -0.39 is 33.9 Å². The van der Waals surface area contributed by atoms with Gasteiger partial charge in [-0.25, -0.2) is 12.7 Å². The van der Waals surface area contributed by atoms with E-state index in [0.717, 1.165) is 36.5 Å². The van der Waals surface area contributed by atoms with Crippen LogP contribution in [0.1, 0.15) is 55.8 Å². The number of halogens is 1. The molecule has 11 heteroatoms. The number of amides is 2. The molecular formula is C20H31ClN4O5S. The van der Waals surface area contributed by atoms with Crippen LogP contribution >= 0.6 is 12.4 Å². The lowest BCUT2D eigenvalue weighted by molar-refractivity contribution is -0.129. The summed E-state index contributed by atoms with van der Waals surface area (Å²) in [5.74, 6) is -0.694. The van der Waals surface area contributed by atoms with Gasteiger partial charge < -0.3 is 9.42 Å². The Kier molecular flexibility index (Phi) is 7.02. The lowest BCUT2D eigenvalue weighted by Gasteiger charge is -2.28. The molecule has 3 aliphatic rings. The van der Waals surface area contributed by atoms with E-state index in [4.69, 9.17) is 4.52 Å². The van der Waals surface area contributed by atoms with Crippen molar-refractivity contribution in [1.82, 2.24) is 19.3 Å². The molecule has 9 nitrogen and oxygen atoms in total. The minimum absolute atomic E-state index is 0. The standard InChI is InChI=1S/C20H30N4O5S.ClH/c1-13(2)17-18-16(24(20(17)26)30(3,27)28)7-10-23(18)19(25)15-11-14(29-21-15)12-22-8-5-4-6-9-22;/h11,13,16-18H,4-10,12H2,1-3H3;1H/t16-,17+,18-;/m0./s1. The number of piperidine rings is 1. The molecule has 0 N–H and O–H groups in total. The highest BCUT2D eigenvalue weighted by Crippen LogP contribution is 2.41. The van der Waals surface area contributed by atoms with Crippen LogP contribution in [0.5, 0.6) is 0 Å². The Bertz CT molecular complexity index is 928. The van der Waals surface area contributed by atoms with Gasteiger partial charge in [0.05, 0.1) is 30.8 Å². The maximum Gasteiger partial charge on any atom is 0.276 e. The average Bonchev–Trinajstić information content (AvgIpc) is 3.35. The number of likely N-dealkylation sites (tertiary alicyclic amines) is 2. The minimum atomic E-state index is -3.69. The van der Waals surface area contributed by atoms with Crippen molar-refractivity contribution in [3.05, 3.63) is 17.5 Å². The zero-order valence-corrected chi connectivity index (χ0v) is 19.8. The third-order valence-electron chi connectivity index (χ3n) is 6.53. The molecular weight excluding hydrogens is 444 g/mol. The summed E-state index contributed by atoms with van der Waals surface area (Å²) in [4.78, 5) is 30.1. The van der Waals surface area contributed by atoms with Gasteiger partial charge in [-0.3, -0.25) is 14.5 Å². The average molecular weight is 475 g/mol. The van der Waals surface area contributed by atoms with Gasteiger partial charge in [0, 0.05) is 12.6 Å². The van der Waals surface area contributed by atoms with Crippen LogP contribution in [-0.4, -0.2) is 77.5 Å². The van der Waals surface area contributed by atoms with Gasteiger partial charge in [-0.15, -0.1) is 12.4 Å². The van der Waals surface area contributed by atoms with Crippen LogP contribution in [0.4, 0.5) is 0 Å².